The predicted molar refractivity (Wildman–Crippen MR) is 261 cm³/mol. The molecule has 0 bridgehead atoms. The summed E-state index contributed by atoms with van der Waals surface area (Å²) in [5, 5.41) is 51.3. The van der Waals surface area contributed by atoms with E-state index in [1.807, 2.05) is 36.5 Å². The Bertz CT molecular complexity index is 1610. The van der Waals surface area contributed by atoms with Crippen molar-refractivity contribution in [2.24, 2.45) is 0 Å². The highest BCUT2D eigenvalue weighted by molar-refractivity contribution is 7.47. The van der Waals surface area contributed by atoms with Crippen LogP contribution < -0.4 is 0 Å². The Hall–Kier alpha value is -2.60. The average Bonchev–Trinajstić information content (AvgIpc) is 3.29. The highest BCUT2D eigenvalue weighted by atomic mass is 31.2. The van der Waals surface area contributed by atoms with Crippen molar-refractivity contribution in [2.75, 3.05) is 13.2 Å². The smallest absolute Gasteiger partial charge is 0.462 e. The number of unbranched alkanes of at least 4 members (excludes halogenated alkanes) is 14. The largest absolute Gasteiger partial charge is 0.472 e. The maximum Gasteiger partial charge on any atom is 0.472 e. The first-order valence-electron chi connectivity index (χ1n) is 24.6. The van der Waals surface area contributed by atoms with Gasteiger partial charge in [0.15, 0.2) is 6.10 Å². The summed E-state index contributed by atoms with van der Waals surface area (Å²) in [4.78, 5) is 54.3. The van der Waals surface area contributed by atoms with Crippen LogP contribution in [0.15, 0.2) is 72.9 Å². The van der Waals surface area contributed by atoms with E-state index in [0.29, 0.717) is 32.1 Å². The van der Waals surface area contributed by atoms with Gasteiger partial charge in [0.25, 0.3) is 0 Å². The lowest BCUT2D eigenvalue weighted by molar-refractivity contribution is -0.216. The van der Waals surface area contributed by atoms with E-state index in [-0.39, 0.29) is 12.8 Å². The monoisotopic (exact) mass is 1010 g/mol. The number of phosphoric ester groups is 2. The third-order valence-electron chi connectivity index (χ3n) is 10.8. The number of hydrogen-bond acceptors (Lipinski definition) is 14. The first-order valence-corrected chi connectivity index (χ1v) is 27.6. The molecule has 1 fully saturated rings. The summed E-state index contributed by atoms with van der Waals surface area (Å²) >= 11 is 0. The number of phosphoric acid groups is 2. The number of hydrogen-bond donors (Lipinski definition) is 8. The van der Waals surface area contributed by atoms with Gasteiger partial charge in [-0.2, -0.15) is 0 Å². The van der Waals surface area contributed by atoms with E-state index < -0.39 is 89.6 Å². The average molecular weight is 1010 g/mol. The fraction of sp³-hybridized carbons (Fsp3) is 0.714. The van der Waals surface area contributed by atoms with Crippen molar-refractivity contribution < 1.29 is 82.0 Å². The first kappa shape index (κ1) is 63.4. The summed E-state index contributed by atoms with van der Waals surface area (Å²) in [6, 6.07) is 0. The Morgan fingerprint density at radius 1 is 0.559 bits per heavy atom. The summed E-state index contributed by atoms with van der Waals surface area (Å²) < 4.78 is 49.3. The lowest BCUT2D eigenvalue weighted by Gasteiger charge is -2.43. The van der Waals surface area contributed by atoms with Crippen LogP contribution in [0.2, 0.25) is 0 Å². The zero-order valence-corrected chi connectivity index (χ0v) is 42.2. The molecule has 17 nitrogen and oxygen atoms in total. The third kappa shape index (κ3) is 33.1. The molecule has 6 unspecified atom stereocenters. The van der Waals surface area contributed by atoms with Crippen LogP contribution in [0, 0.1) is 0 Å². The molecular weight excluding hydrogens is 922 g/mol. The number of rotatable bonds is 40. The zero-order chi connectivity index (χ0) is 50.5. The SMILES string of the molecule is CC/C=C\C/C=C\CC(O)/C=C/C=C\C/C=C\CCCC(=O)O[C@H](COC(=O)CCCCCCCCC/C=C\CCCCCCCC)COP(=O)(O)O[C@H]1C(O)C(O)C(O)[C@@H](OP(=O)(O)O)C1O. The predicted octanol–water partition coefficient (Wildman–Crippen LogP) is 8.59. The minimum absolute atomic E-state index is 0.0700. The van der Waals surface area contributed by atoms with E-state index in [9.17, 15) is 58.9 Å². The van der Waals surface area contributed by atoms with Crippen LogP contribution in [0.4, 0.5) is 0 Å². The van der Waals surface area contributed by atoms with Gasteiger partial charge in [-0.15, -0.1) is 0 Å². The van der Waals surface area contributed by atoms with Gasteiger partial charge in [0.1, 0.15) is 43.2 Å². The van der Waals surface area contributed by atoms with Gasteiger partial charge in [-0.25, -0.2) is 9.13 Å². The van der Waals surface area contributed by atoms with Gasteiger partial charge in [-0.1, -0.05) is 151 Å². The number of carbonyl (C=O) groups is 2. The van der Waals surface area contributed by atoms with Crippen molar-refractivity contribution in [3.63, 3.8) is 0 Å². The molecule has 0 radical (unpaired) electrons. The van der Waals surface area contributed by atoms with Crippen molar-refractivity contribution >= 4 is 27.6 Å². The van der Waals surface area contributed by atoms with E-state index >= 15 is 0 Å². The van der Waals surface area contributed by atoms with Crippen LogP contribution in [0.3, 0.4) is 0 Å². The third-order valence-corrected chi connectivity index (χ3v) is 12.3. The van der Waals surface area contributed by atoms with E-state index in [1.54, 1.807) is 12.2 Å². The van der Waals surface area contributed by atoms with Crippen molar-refractivity contribution in [3.05, 3.63) is 72.9 Å². The maximum absolute atomic E-state index is 13.0. The fourth-order valence-electron chi connectivity index (χ4n) is 7.02. The van der Waals surface area contributed by atoms with Gasteiger partial charge < -0.3 is 49.7 Å². The van der Waals surface area contributed by atoms with Crippen molar-refractivity contribution in [1.29, 1.82) is 0 Å². The Morgan fingerprint density at radius 2 is 1.09 bits per heavy atom. The Morgan fingerprint density at radius 3 is 1.72 bits per heavy atom. The number of ether oxygens (including phenoxy) is 2. The molecular formula is C49H84O17P2. The molecule has 0 aromatic rings. The van der Waals surface area contributed by atoms with Gasteiger partial charge in [0.05, 0.1) is 12.7 Å². The Kier molecular flexibility index (Phi) is 36.4. The van der Waals surface area contributed by atoms with Crippen molar-refractivity contribution in [2.45, 2.75) is 210 Å². The maximum atomic E-state index is 13.0. The molecule has 0 aromatic carbocycles. The molecule has 68 heavy (non-hydrogen) atoms. The number of aliphatic hydroxyl groups is 5. The van der Waals surface area contributed by atoms with E-state index in [0.717, 1.165) is 64.2 Å². The second-order valence-electron chi connectivity index (χ2n) is 17.0. The Labute approximate surface area is 404 Å². The molecule has 1 rings (SSSR count). The topological polar surface area (TPSA) is 276 Å². The summed E-state index contributed by atoms with van der Waals surface area (Å²) in [6.45, 7) is 2.87. The molecule has 9 atom stereocenters. The second kappa shape index (κ2) is 39.1. The highest BCUT2D eigenvalue weighted by Crippen LogP contribution is 2.49. The van der Waals surface area contributed by atoms with Crippen molar-refractivity contribution in [3.8, 4) is 0 Å². The summed E-state index contributed by atoms with van der Waals surface area (Å²) in [5.74, 6) is -1.32. The second-order valence-corrected chi connectivity index (χ2v) is 19.6. The van der Waals surface area contributed by atoms with Gasteiger partial charge in [0, 0.05) is 12.8 Å². The fourth-order valence-corrected chi connectivity index (χ4v) is 8.56. The summed E-state index contributed by atoms with van der Waals surface area (Å²) in [6.07, 6.45) is 28.8. The van der Waals surface area contributed by atoms with Crippen LogP contribution in [0.1, 0.15) is 162 Å². The molecule has 0 aliphatic heterocycles. The molecule has 19 heteroatoms. The molecule has 0 aromatic heterocycles. The molecule has 1 aliphatic rings. The van der Waals surface area contributed by atoms with Gasteiger partial charge in [-0.3, -0.25) is 23.2 Å². The lowest BCUT2D eigenvalue weighted by atomic mass is 9.85. The number of carbonyl (C=O) groups excluding carboxylic acids is 2. The molecule has 1 saturated carbocycles. The van der Waals surface area contributed by atoms with E-state index in [2.05, 4.69) is 42.7 Å². The normalized spacial score (nSPS) is 22.3. The van der Waals surface area contributed by atoms with Gasteiger partial charge in [0.2, 0.25) is 0 Å². The molecule has 8 N–H and O–H groups in total. The minimum Gasteiger partial charge on any atom is -0.462 e. The van der Waals surface area contributed by atoms with Gasteiger partial charge >= 0.3 is 27.6 Å². The molecule has 0 spiro atoms. The van der Waals surface area contributed by atoms with Crippen LogP contribution in [-0.2, 0) is 41.8 Å². The quantitative estimate of drug-likeness (QED) is 0.00938. The number of allylic oxidation sites excluding steroid dienone is 10. The highest BCUT2D eigenvalue weighted by Gasteiger charge is 2.54. The number of aliphatic hydroxyl groups excluding tert-OH is 5. The van der Waals surface area contributed by atoms with Gasteiger partial charge in [-0.05, 0) is 70.6 Å². The molecule has 0 heterocycles. The van der Waals surface area contributed by atoms with Crippen LogP contribution in [-0.4, -0.2) is 114 Å². The Balaban J connectivity index is 2.65. The summed E-state index contributed by atoms with van der Waals surface area (Å²) in [5.41, 5.74) is 0. The molecule has 1 aliphatic carbocycles. The minimum atomic E-state index is -5.38. The molecule has 392 valence electrons. The van der Waals surface area contributed by atoms with E-state index in [1.165, 1.54) is 38.5 Å². The van der Waals surface area contributed by atoms with Crippen LogP contribution in [0.5, 0.6) is 0 Å². The first-order chi connectivity index (χ1) is 32.5. The van der Waals surface area contributed by atoms with Crippen LogP contribution in [0.25, 0.3) is 0 Å². The molecule has 0 amide bonds. The lowest BCUT2D eigenvalue weighted by Crippen LogP contribution is -2.64. The van der Waals surface area contributed by atoms with E-state index in [4.69, 9.17) is 18.5 Å². The standard InChI is InChI=1S/C49H84O17P2/c1-3-5-7-9-11-12-13-14-15-16-17-18-19-20-24-28-32-36-42(51)62-38-41(39-63-68(60,61)66-49-46(55)44(53)45(54)48(47(49)56)65-67(57,58)59)64-43(52)37-33-29-25-22-21-23-27-31-35-40(50)34-30-26-10-8-6-4-2/h6,8,14-15,22-23,25-27,30-31,35,40-41,44-50,53-56H,3-5,7,9-13,16-21,24,28-29,32-34,36-39H2,1-2H3,(H,60,61)(H2,57,58,59)/b8-6-,15-14-,25-22-,27-23-,30-26-,35-31+/t40?,41-,44?,45?,46?,47?,48-,49+/m1/s1. The summed E-state index contributed by atoms with van der Waals surface area (Å²) in [7, 11) is -10.7. The van der Waals surface area contributed by atoms with Crippen molar-refractivity contribution in [1.82, 2.24) is 0 Å². The number of esters is 2. The zero-order valence-electron chi connectivity index (χ0n) is 40.4. The molecule has 0 saturated heterocycles. The van der Waals surface area contributed by atoms with Crippen LogP contribution >= 0.6 is 15.6 Å².